The van der Waals surface area contributed by atoms with Crippen molar-refractivity contribution in [3.8, 4) is 0 Å². The van der Waals surface area contributed by atoms with E-state index in [-0.39, 0.29) is 0 Å². The lowest BCUT2D eigenvalue weighted by Crippen LogP contribution is -2.45. The molecule has 0 aliphatic carbocycles. The van der Waals surface area contributed by atoms with Crippen molar-refractivity contribution in [3.05, 3.63) is 12.2 Å². The summed E-state index contributed by atoms with van der Waals surface area (Å²) in [5.41, 5.74) is 1.06. The Morgan fingerprint density at radius 3 is 1.89 bits per heavy atom. The molecule has 0 aromatic heterocycles. The van der Waals surface area contributed by atoms with E-state index in [2.05, 4.69) is 6.58 Å². The molecule has 114 valence electrons. The first-order valence-corrected chi connectivity index (χ1v) is 9.17. The van der Waals surface area contributed by atoms with Crippen molar-refractivity contribution < 1.29 is 18.0 Å². The van der Waals surface area contributed by atoms with E-state index >= 15 is 0 Å². The third-order valence-electron chi connectivity index (χ3n) is 2.46. The van der Waals surface area contributed by atoms with Gasteiger partial charge in [-0.3, -0.25) is 0 Å². The van der Waals surface area contributed by atoms with Crippen LogP contribution >= 0.6 is 0 Å². The van der Waals surface area contributed by atoms with Gasteiger partial charge in [0, 0.05) is 32.5 Å². The van der Waals surface area contributed by atoms with Gasteiger partial charge in [0.1, 0.15) is 0 Å². The standard InChI is InChI=1S/C14H30O4Si/c1-6-16-19(17-7-2,18-8-3)12-10-9-11-15-13-14(4)5/h4,6-13H2,1-3,5H3. The first-order chi connectivity index (χ1) is 9.10. The molecule has 0 fully saturated rings. The number of rotatable bonds is 13. The minimum Gasteiger partial charge on any atom is -0.377 e. The molecule has 0 heterocycles. The molecule has 0 bridgehead atoms. The summed E-state index contributed by atoms with van der Waals surface area (Å²) < 4.78 is 22.9. The second-order valence-corrected chi connectivity index (χ2v) is 7.18. The van der Waals surface area contributed by atoms with Gasteiger partial charge in [-0.1, -0.05) is 12.2 Å². The number of hydrogen-bond donors (Lipinski definition) is 0. The van der Waals surface area contributed by atoms with E-state index < -0.39 is 8.80 Å². The maximum Gasteiger partial charge on any atom is 0.500 e. The van der Waals surface area contributed by atoms with E-state index in [9.17, 15) is 0 Å². The predicted octanol–water partition coefficient (Wildman–Crippen LogP) is 3.41. The van der Waals surface area contributed by atoms with Gasteiger partial charge in [-0.15, -0.1) is 0 Å². The van der Waals surface area contributed by atoms with E-state index in [0.29, 0.717) is 26.4 Å². The van der Waals surface area contributed by atoms with E-state index in [1.54, 1.807) is 0 Å². The second-order valence-electron chi connectivity index (χ2n) is 4.45. The van der Waals surface area contributed by atoms with Crippen LogP contribution in [-0.2, 0) is 18.0 Å². The van der Waals surface area contributed by atoms with Gasteiger partial charge in [0.15, 0.2) is 0 Å². The Balaban J connectivity index is 3.99. The zero-order valence-corrected chi connectivity index (χ0v) is 14.0. The Morgan fingerprint density at radius 2 is 1.47 bits per heavy atom. The summed E-state index contributed by atoms with van der Waals surface area (Å²) in [4.78, 5) is 0. The van der Waals surface area contributed by atoms with Crippen LogP contribution in [0.1, 0.15) is 40.5 Å². The molecule has 0 aromatic rings. The van der Waals surface area contributed by atoms with E-state index in [0.717, 1.165) is 31.1 Å². The van der Waals surface area contributed by atoms with Gasteiger partial charge in [-0.2, -0.15) is 0 Å². The van der Waals surface area contributed by atoms with Gasteiger partial charge in [-0.05, 0) is 40.5 Å². The fourth-order valence-electron chi connectivity index (χ4n) is 1.79. The normalized spacial score (nSPS) is 11.8. The third-order valence-corrected chi connectivity index (χ3v) is 5.61. The monoisotopic (exact) mass is 290 g/mol. The number of hydrogen-bond acceptors (Lipinski definition) is 4. The molecule has 0 saturated carbocycles. The lowest BCUT2D eigenvalue weighted by atomic mass is 10.3. The molecule has 0 radical (unpaired) electrons. The fraction of sp³-hybridized carbons (Fsp3) is 0.857. The van der Waals surface area contributed by atoms with E-state index in [1.165, 1.54) is 0 Å². The molecule has 0 saturated heterocycles. The molecule has 0 unspecified atom stereocenters. The molecule has 0 rings (SSSR count). The average molecular weight is 290 g/mol. The second kappa shape index (κ2) is 11.6. The summed E-state index contributed by atoms with van der Waals surface area (Å²) in [6.45, 7) is 15.0. The SMILES string of the molecule is C=C(C)COCCCC[Si](OCC)(OCC)OCC. The topological polar surface area (TPSA) is 36.9 Å². The van der Waals surface area contributed by atoms with Crippen LogP contribution in [0.2, 0.25) is 6.04 Å². The van der Waals surface area contributed by atoms with E-state index in [1.807, 2.05) is 27.7 Å². The van der Waals surface area contributed by atoms with Gasteiger partial charge < -0.3 is 18.0 Å². The zero-order chi connectivity index (χ0) is 14.6. The third kappa shape index (κ3) is 9.35. The Labute approximate surface area is 119 Å². The largest absolute Gasteiger partial charge is 0.500 e. The molecule has 19 heavy (non-hydrogen) atoms. The number of ether oxygens (including phenoxy) is 1. The van der Waals surface area contributed by atoms with Crippen molar-refractivity contribution in [3.63, 3.8) is 0 Å². The van der Waals surface area contributed by atoms with Gasteiger partial charge >= 0.3 is 8.80 Å². The Kier molecular flexibility index (Phi) is 11.5. The molecule has 0 aliphatic heterocycles. The van der Waals surface area contributed by atoms with E-state index in [4.69, 9.17) is 18.0 Å². The Morgan fingerprint density at radius 1 is 0.947 bits per heavy atom. The van der Waals surface area contributed by atoms with Crippen LogP contribution in [0.5, 0.6) is 0 Å². The summed E-state index contributed by atoms with van der Waals surface area (Å²) in [7, 11) is -2.45. The van der Waals surface area contributed by atoms with Crippen molar-refractivity contribution in [2.75, 3.05) is 33.0 Å². The average Bonchev–Trinajstić information content (AvgIpc) is 2.34. The lowest BCUT2D eigenvalue weighted by Gasteiger charge is -2.28. The van der Waals surface area contributed by atoms with Gasteiger partial charge in [0.2, 0.25) is 0 Å². The van der Waals surface area contributed by atoms with Crippen LogP contribution in [-0.4, -0.2) is 41.8 Å². The smallest absolute Gasteiger partial charge is 0.377 e. The van der Waals surface area contributed by atoms with Gasteiger partial charge in [0.25, 0.3) is 0 Å². The van der Waals surface area contributed by atoms with Gasteiger partial charge in [-0.25, -0.2) is 0 Å². The summed E-state index contributed by atoms with van der Waals surface area (Å²) in [6.07, 6.45) is 2.00. The van der Waals surface area contributed by atoms with Crippen molar-refractivity contribution >= 4 is 8.80 Å². The predicted molar refractivity (Wildman–Crippen MR) is 80.3 cm³/mol. The molecular formula is C14H30O4Si. The minimum absolute atomic E-state index is 0.637. The maximum absolute atomic E-state index is 5.79. The molecule has 0 spiro atoms. The van der Waals surface area contributed by atoms with Crippen LogP contribution in [0.25, 0.3) is 0 Å². The molecule has 0 N–H and O–H groups in total. The van der Waals surface area contributed by atoms with Crippen molar-refractivity contribution in [1.82, 2.24) is 0 Å². The highest BCUT2D eigenvalue weighted by Gasteiger charge is 2.39. The first kappa shape index (κ1) is 18.8. The molecule has 0 aromatic carbocycles. The quantitative estimate of drug-likeness (QED) is 0.296. The lowest BCUT2D eigenvalue weighted by molar-refractivity contribution is 0.0696. The Hall–Kier alpha value is -0.203. The fourth-order valence-corrected chi connectivity index (χ4v) is 4.48. The summed E-state index contributed by atoms with van der Waals surface area (Å²) in [5, 5.41) is 0. The molecule has 5 heteroatoms. The van der Waals surface area contributed by atoms with Crippen molar-refractivity contribution in [1.29, 1.82) is 0 Å². The molecular weight excluding hydrogens is 260 g/mol. The number of unbranched alkanes of at least 4 members (excludes halogenated alkanes) is 1. The molecule has 4 nitrogen and oxygen atoms in total. The van der Waals surface area contributed by atoms with Gasteiger partial charge in [0.05, 0.1) is 6.61 Å². The Bertz CT molecular complexity index is 216. The molecule has 0 atom stereocenters. The van der Waals surface area contributed by atoms with Crippen LogP contribution in [0.3, 0.4) is 0 Å². The van der Waals surface area contributed by atoms with Crippen LogP contribution in [0.4, 0.5) is 0 Å². The highest BCUT2D eigenvalue weighted by atomic mass is 28.4. The van der Waals surface area contributed by atoms with Crippen LogP contribution in [0, 0.1) is 0 Å². The van der Waals surface area contributed by atoms with Crippen molar-refractivity contribution in [2.24, 2.45) is 0 Å². The summed E-state index contributed by atoms with van der Waals surface area (Å²) in [6, 6.07) is 0.860. The van der Waals surface area contributed by atoms with Crippen molar-refractivity contribution in [2.45, 2.75) is 46.6 Å². The first-order valence-electron chi connectivity index (χ1n) is 7.24. The molecule has 0 aliphatic rings. The highest BCUT2D eigenvalue weighted by Crippen LogP contribution is 2.19. The summed E-state index contributed by atoms with van der Waals surface area (Å²) >= 11 is 0. The molecule has 0 amide bonds. The maximum atomic E-state index is 5.79. The van der Waals surface area contributed by atoms with Crippen LogP contribution in [0.15, 0.2) is 12.2 Å². The highest BCUT2D eigenvalue weighted by molar-refractivity contribution is 6.60. The summed E-state index contributed by atoms with van der Waals surface area (Å²) in [5.74, 6) is 0. The van der Waals surface area contributed by atoms with Crippen LogP contribution < -0.4 is 0 Å². The minimum atomic E-state index is -2.45. The zero-order valence-electron chi connectivity index (χ0n) is 13.0.